The Morgan fingerprint density at radius 3 is 2.33 bits per heavy atom. The Labute approximate surface area is 122 Å². The van der Waals surface area contributed by atoms with Gasteiger partial charge in [-0.3, -0.25) is 14.4 Å². The molecule has 1 aromatic rings. The molecule has 0 radical (unpaired) electrons. The lowest BCUT2D eigenvalue weighted by Gasteiger charge is -2.16. The zero-order valence-electron chi connectivity index (χ0n) is 11.9. The van der Waals surface area contributed by atoms with Gasteiger partial charge in [-0.1, -0.05) is 30.3 Å². The van der Waals surface area contributed by atoms with E-state index in [4.69, 9.17) is 9.47 Å². The van der Waals surface area contributed by atoms with E-state index in [2.05, 4.69) is 0 Å². The molecule has 114 valence electrons. The van der Waals surface area contributed by atoms with Crippen molar-refractivity contribution in [2.75, 3.05) is 6.61 Å². The molecule has 1 rings (SSSR count). The van der Waals surface area contributed by atoms with E-state index in [0.717, 1.165) is 0 Å². The minimum absolute atomic E-state index is 0.110. The predicted octanol–water partition coefficient (Wildman–Crippen LogP) is 1.74. The molecular formula is C15H18O6. The second-order valence-electron chi connectivity index (χ2n) is 4.44. The van der Waals surface area contributed by atoms with Crippen LogP contribution in [0.4, 0.5) is 0 Å². The average molecular weight is 294 g/mol. The van der Waals surface area contributed by atoms with Crippen LogP contribution in [-0.2, 0) is 23.9 Å². The minimum atomic E-state index is -1.41. The van der Waals surface area contributed by atoms with Crippen molar-refractivity contribution in [1.29, 1.82) is 0 Å². The van der Waals surface area contributed by atoms with E-state index in [1.54, 1.807) is 25.1 Å². The third-order valence-electron chi connectivity index (χ3n) is 2.69. The van der Waals surface area contributed by atoms with Crippen molar-refractivity contribution in [1.82, 2.24) is 0 Å². The van der Waals surface area contributed by atoms with Crippen LogP contribution in [0.1, 0.15) is 31.7 Å². The molecule has 0 heterocycles. The van der Waals surface area contributed by atoms with Crippen LogP contribution in [0.15, 0.2) is 30.3 Å². The normalized spacial score (nSPS) is 13.0. The van der Waals surface area contributed by atoms with Crippen molar-refractivity contribution in [3.05, 3.63) is 35.9 Å². The maximum atomic E-state index is 12.0. The zero-order valence-corrected chi connectivity index (χ0v) is 11.9. The molecule has 21 heavy (non-hydrogen) atoms. The Balaban J connectivity index is 2.71. The summed E-state index contributed by atoms with van der Waals surface area (Å²) in [5.74, 6) is -4.10. The number of aliphatic carboxylic acids is 1. The number of ether oxygens (including phenoxy) is 2. The highest BCUT2D eigenvalue weighted by molar-refractivity contribution is 6.00. The van der Waals surface area contributed by atoms with Gasteiger partial charge in [0.15, 0.2) is 5.92 Å². The van der Waals surface area contributed by atoms with Crippen molar-refractivity contribution in [2.45, 2.75) is 32.3 Å². The van der Waals surface area contributed by atoms with Gasteiger partial charge in [0.2, 0.25) is 0 Å². The first-order valence-corrected chi connectivity index (χ1v) is 6.59. The van der Waals surface area contributed by atoms with Crippen LogP contribution in [0.3, 0.4) is 0 Å². The second-order valence-corrected chi connectivity index (χ2v) is 4.44. The largest absolute Gasteiger partial charge is 0.480 e. The molecule has 0 fully saturated rings. The lowest BCUT2D eigenvalue weighted by molar-refractivity contribution is -0.159. The Kier molecular flexibility index (Phi) is 6.39. The fraction of sp³-hybridized carbons (Fsp3) is 0.400. The fourth-order valence-corrected chi connectivity index (χ4v) is 1.79. The maximum absolute atomic E-state index is 12.0. The van der Waals surface area contributed by atoms with E-state index in [1.807, 2.05) is 0 Å². The van der Waals surface area contributed by atoms with E-state index in [0.29, 0.717) is 5.56 Å². The average Bonchev–Trinajstić information content (AvgIpc) is 2.39. The Hall–Kier alpha value is -2.37. The van der Waals surface area contributed by atoms with E-state index in [-0.39, 0.29) is 13.0 Å². The molecule has 0 aliphatic rings. The third kappa shape index (κ3) is 5.25. The highest BCUT2D eigenvalue weighted by atomic mass is 16.6. The molecule has 0 amide bonds. The summed E-state index contributed by atoms with van der Waals surface area (Å²) >= 11 is 0. The topological polar surface area (TPSA) is 89.9 Å². The SMILES string of the molecule is CCOC(=O)C[C@@H](C)OC(=O)C(C(=O)O)c1ccccc1. The van der Waals surface area contributed by atoms with Gasteiger partial charge in [0.05, 0.1) is 13.0 Å². The number of carboxylic acid groups (broad SMARTS) is 1. The summed E-state index contributed by atoms with van der Waals surface area (Å²) in [4.78, 5) is 34.5. The number of carbonyl (C=O) groups is 3. The third-order valence-corrected chi connectivity index (χ3v) is 2.69. The second kappa shape index (κ2) is 8.04. The van der Waals surface area contributed by atoms with E-state index < -0.39 is 29.9 Å². The first-order valence-electron chi connectivity index (χ1n) is 6.59. The van der Waals surface area contributed by atoms with Gasteiger partial charge in [0.25, 0.3) is 0 Å². The summed E-state index contributed by atoms with van der Waals surface area (Å²) < 4.78 is 9.76. The zero-order chi connectivity index (χ0) is 15.8. The number of esters is 2. The van der Waals surface area contributed by atoms with Crippen molar-refractivity contribution in [3.8, 4) is 0 Å². The summed E-state index contributed by atoms with van der Waals surface area (Å²) in [7, 11) is 0. The van der Waals surface area contributed by atoms with E-state index in [1.165, 1.54) is 19.1 Å². The van der Waals surface area contributed by atoms with Crippen LogP contribution in [0.5, 0.6) is 0 Å². The highest BCUT2D eigenvalue weighted by Gasteiger charge is 2.31. The first-order chi connectivity index (χ1) is 9.95. The molecule has 1 N–H and O–H groups in total. The van der Waals surface area contributed by atoms with Crippen LogP contribution >= 0.6 is 0 Å². The first kappa shape index (κ1) is 16.7. The smallest absolute Gasteiger partial charge is 0.325 e. The standard InChI is InChI=1S/C15H18O6/c1-3-20-12(16)9-10(2)21-15(19)13(14(17)18)11-7-5-4-6-8-11/h4-8,10,13H,3,9H2,1-2H3,(H,17,18)/t10-,13?/m1/s1. The highest BCUT2D eigenvalue weighted by Crippen LogP contribution is 2.19. The monoisotopic (exact) mass is 294 g/mol. The molecule has 0 aromatic heterocycles. The van der Waals surface area contributed by atoms with Crippen molar-refractivity contribution in [3.63, 3.8) is 0 Å². The van der Waals surface area contributed by atoms with Crippen molar-refractivity contribution >= 4 is 17.9 Å². The number of carbonyl (C=O) groups excluding carboxylic acids is 2. The van der Waals surface area contributed by atoms with Crippen LogP contribution in [0, 0.1) is 0 Å². The molecular weight excluding hydrogens is 276 g/mol. The molecule has 0 spiro atoms. The van der Waals surface area contributed by atoms with Gasteiger partial charge in [-0.2, -0.15) is 0 Å². The van der Waals surface area contributed by atoms with Gasteiger partial charge in [-0.05, 0) is 19.4 Å². The van der Waals surface area contributed by atoms with Gasteiger partial charge in [-0.25, -0.2) is 0 Å². The lowest BCUT2D eigenvalue weighted by Crippen LogP contribution is -2.28. The van der Waals surface area contributed by atoms with Gasteiger partial charge in [0, 0.05) is 0 Å². The number of hydrogen-bond acceptors (Lipinski definition) is 5. The summed E-state index contributed by atoms with van der Waals surface area (Å²) in [6.45, 7) is 3.42. The van der Waals surface area contributed by atoms with E-state index in [9.17, 15) is 19.5 Å². The predicted molar refractivity (Wildman–Crippen MR) is 73.6 cm³/mol. The summed E-state index contributed by atoms with van der Waals surface area (Å²) in [6.07, 6.45) is -0.858. The molecule has 1 unspecified atom stereocenters. The Bertz CT molecular complexity index is 496. The van der Waals surface area contributed by atoms with E-state index >= 15 is 0 Å². The van der Waals surface area contributed by atoms with Crippen molar-refractivity contribution in [2.24, 2.45) is 0 Å². The van der Waals surface area contributed by atoms with Gasteiger partial charge < -0.3 is 14.6 Å². The van der Waals surface area contributed by atoms with Gasteiger partial charge in [0.1, 0.15) is 6.10 Å². The summed E-state index contributed by atoms with van der Waals surface area (Å²) in [5, 5.41) is 9.18. The molecule has 1 aromatic carbocycles. The molecule has 0 bridgehead atoms. The van der Waals surface area contributed by atoms with Crippen LogP contribution in [-0.4, -0.2) is 35.7 Å². The quantitative estimate of drug-likeness (QED) is 0.608. The number of hydrogen-bond donors (Lipinski definition) is 1. The lowest BCUT2D eigenvalue weighted by atomic mass is 9.99. The molecule has 0 saturated heterocycles. The molecule has 2 atom stereocenters. The minimum Gasteiger partial charge on any atom is -0.480 e. The van der Waals surface area contributed by atoms with Crippen LogP contribution in [0.25, 0.3) is 0 Å². The molecule has 0 aliphatic carbocycles. The van der Waals surface area contributed by atoms with Gasteiger partial charge in [-0.15, -0.1) is 0 Å². The number of rotatable bonds is 7. The van der Waals surface area contributed by atoms with Crippen LogP contribution in [0.2, 0.25) is 0 Å². The molecule has 0 saturated carbocycles. The Morgan fingerprint density at radius 1 is 1.19 bits per heavy atom. The maximum Gasteiger partial charge on any atom is 0.325 e. The molecule has 0 aliphatic heterocycles. The van der Waals surface area contributed by atoms with Crippen LogP contribution < -0.4 is 0 Å². The Morgan fingerprint density at radius 2 is 1.81 bits per heavy atom. The molecule has 6 heteroatoms. The van der Waals surface area contributed by atoms with Crippen molar-refractivity contribution < 1.29 is 29.0 Å². The number of benzene rings is 1. The van der Waals surface area contributed by atoms with Gasteiger partial charge >= 0.3 is 17.9 Å². The summed E-state index contributed by atoms with van der Waals surface area (Å²) in [5.41, 5.74) is 0.332. The fourth-order valence-electron chi connectivity index (χ4n) is 1.79. The summed E-state index contributed by atoms with van der Waals surface area (Å²) in [6, 6.07) is 8.07. The molecule has 6 nitrogen and oxygen atoms in total. The number of carboxylic acids is 1.